The molecule has 0 aliphatic rings. The number of nitrogens with two attached hydrogens (primary N) is 2. The van der Waals surface area contributed by atoms with Crippen LogP contribution in [0.25, 0.3) is 0 Å². The predicted molar refractivity (Wildman–Crippen MR) is 45.8 cm³/mol. The summed E-state index contributed by atoms with van der Waals surface area (Å²) in [5, 5.41) is 2.39. The topological polar surface area (TPSA) is 64.9 Å². The van der Waals surface area contributed by atoms with E-state index in [4.69, 9.17) is 17.9 Å². The highest BCUT2D eigenvalue weighted by Gasteiger charge is 2.17. The maximum Gasteiger partial charge on any atom is 0.166 e. The van der Waals surface area contributed by atoms with Gasteiger partial charge in [0.2, 0.25) is 0 Å². The Morgan fingerprint density at radius 3 is 2.64 bits per heavy atom. The Morgan fingerprint density at radius 2 is 2.36 bits per heavy atom. The minimum absolute atomic E-state index is 0.613. The Labute approximate surface area is 69.4 Å². The molecule has 0 aliphatic heterocycles. The number of aromatic nitrogens is 1. The number of nitrogens with zero attached hydrogens (tertiary/aromatic N) is 1. The minimum atomic E-state index is -0.883. The molecule has 0 spiro atoms. The van der Waals surface area contributed by atoms with Crippen LogP contribution in [0.3, 0.4) is 0 Å². The van der Waals surface area contributed by atoms with Crippen LogP contribution < -0.4 is 11.5 Å². The van der Waals surface area contributed by atoms with Crippen molar-refractivity contribution in [3.05, 3.63) is 16.1 Å². The van der Waals surface area contributed by atoms with E-state index in [9.17, 15) is 0 Å². The second kappa shape index (κ2) is 2.62. The summed E-state index contributed by atoms with van der Waals surface area (Å²) in [6.45, 7) is 1.68. The first-order chi connectivity index (χ1) is 5.04. The van der Waals surface area contributed by atoms with E-state index in [2.05, 4.69) is 10.9 Å². The van der Waals surface area contributed by atoms with Gasteiger partial charge in [-0.05, 0) is 12.8 Å². The summed E-state index contributed by atoms with van der Waals surface area (Å²) in [5.74, 6) is 2.42. The molecule has 0 fully saturated rings. The Balaban J connectivity index is 3.01. The summed E-state index contributed by atoms with van der Waals surface area (Å²) in [5.41, 5.74) is 10.9. The largest absolute Gasteiger partial charge is 0.309 e. The van der Waals surface area contributed by atoms with Crippen LogP contribution in [-0.4, -0.2) is 4.98 Å². The highest BCUT2D eigenvalue weighted by atomic mass is 32.1. The Kier molecular flexibility index (Phi) is 1.96. The van der Waals surface area contributed by atoms with E-state index < -0.39 is 5.66 Å². The van der Waals surface area contributed by atoms with Crippen molar-refractivity contribution in [3.8, 4) is 12.3 Å². The van der Waals surface area contributed by atoms with Crippen molar-refractivity contribution < 1.29 is 0 Å². The molecule has 4 N–H and O–H groups in total. The van der Waals surface area contributed by atoms with Crippen LogP contribution >= 0.6 is 11.3 Å². The number of thiazole rings is 1. The van der Waals surface area contributed by atoms with Gasteiger partial charge in [-0.3, -0.25) is 0 Å². The fourth-order valence-electron chi connectivity index (χ4n) is 0.587. The third-order valence-corrected chi connectivity index (χ3v) is 1.95. The van der Waals surface area contributed by atoms with Crippen LogP contribution in [0, 0.1) is 12.3 Å². The number of terminal acetylenes is 1. The summed E-state index contributed by atoms with van der Waals surface area (Å²) >= 11 is 1.37. The Bertz CT molecular complexity index is 289. The Morgan fingerprint density at radius 1 is 1.73 bits per heavy atom. The monoisotopic (exact) mass is 167 g/mol. The molecule has 0 aliphatic carbocycles. The molecule has 0 saturated carbocycles. The maximum atomic E-state index is 5.58. The molecule has 0 aromatic carbocycles. The first-order valence-corrected chi connectivity index (χ1v) is 3.92. The van der Waals surface area contributed by atoms with Gasteiger partial charge in [0.1, 0.15) is 5.66 Å². The Hall–Kier alpha value is -0.890. The molecule has 1 aromatic rings. The summed E-state index contributed by atoms with van der Waals surface area (Å²) < 4.78 is 0. The van der Waals surface area contributed by atoms with E-state index >= 15 is 0 Å². The zero-order valence-electron chi connectivity index (χ0n) is 6.16. The first kappa shape index (κ1) is 8.21. The molecule has 0 bridgehead atoms. The maximum absolute atomic E-state index is 5.58. The molecule has 1 aromatic heterocycles. The van der Waals surface area contributed by atoms with Crippen LogP contribution in [0.4, 0.5) is 0 Å². The first-order valence-electron chi connectivity index (χ1n) is 3.04. The highest BCUT2D eigenvalue weighted by Crippen LogP contribution is 2.14. The van der Waals surface area contributed by atoms with Gasteiger partial charge in [-0.1, -0.05) is 0 Å². The summed E-state index contributed by atoms with van der Waals surface area (Å²) in [6, 6.07) is 0. The lowest BCUT2D eigenvalue weighted by Gasteiger charge is -2.14. The number of rotatable bonds is 1. The molecule has 0 unspecified atom stereocenters. The van der Waals surface area contributed by atoms with Gasteiger partial charge in [0.05, 0.1) is 5.69 Å². The highest BCUT2D eigenvalue weighted by molar-refractivity contribution is 7.10. The number of hydrogen-bond acceptors (Lipinski definition) is 4. The molecule has 0 saturated heterocycles. The van der Waals surface area contributed by atoms with Crippen LogP contribution in [-0.2, 0) is 5.66 Å². The van der Waals surface area contributed by atoms with Gasteiger partial charge >= 0.3 is 0 Å². The van der Waals surface area contributed by atoms with E-state index in [1.165, 1.54) is 11.3 Å². The average molecular weight is 167 g/mol. The van der Waals surface area contributed by atoms with Gasteiger partial charge in [-0.2, -0.15) is 0 Å². The van der Waals surface area contributed by atoms with Gasteiger partial charge in [-0.25, -0.2) is 4.98 Å². The molecule has 58 valence electrons. The van der Waals surface area contributed by atoms with Crippen molar-refractivity contribution in [1.82, 2.24) is 4.98 Å². The molecular formula is C7H9N3S. The van der Waals surface area contributed by atoms with Crippen molar-refractivity contribution in [2.24, 2.45) is 11.5 Å². The summed E-state index contributed by atoms with van der Waals surface area (Å²) in [6.07, 6.45) is 5.12. The van der Waals surface area contributed by atoms with Crippen molar-refractivity contribution in [2.75, 3.05) is 0 Å². The summed E-state index contributed by atoms with van der Waals surface area (Å²) in [7, 11) is 0. The average Bonchev–Trinajstić information content (AvgIpc) is 2.32. The predicted octanol–water partition coefficient (Wildman–Crippen LogP) is 0.215. The van der Waals surface area contributed by atoms with E-state index in [1.807, 2.05) is 0 Å². The molecule has 1 rings (SSSR count). The lowest BCUT2D eigenvalue weighted by molar-refractivity contribution is 0.506. The van der Waals surface area contributed by atoms with Gasteiger partial charge in [0, 0.05) is 5.38 Å². The fraction of sp³-hybridized carbons (Fsp3) is 0.286. The molecule has 4 heteroatoms. The number of hydrogen-bond donors (Lipinski definition) is 2. The fourth-order valence-corrected chi connectivity index (χ4v) is 1.34. The van der Waals surface area contributed by atoms with Crippen LogP contribution in [0.5, 0.6) is 0 Å². The second-order valence-electron chi connectivity index (χ2n) is 2.46. The van der Waals surface area contributed by atoms with Gasteiger partial charge < -0.3 is 11.5 Å². The second-order valence-corrected chi connectivity index (χ2v) is 3.32. The van der Waals surface area contributed by atoms with Gasteiger partial charge in [-0.15, -0.1) is 17.8 Å². The standard InChI is InChI=1S/C7H9N3S/c1-3-6-10-5(4-11-6)7(2,8)9/h1,4H,8-9H2,2H3. The van der Waals surface area contributed by atoms with Gasteiger partial charge in [0.25, 0.3) is 0 Å². The van der Waals surface area contributed by atoms with Crippen molar-refractivity contribution in [2.45, 2.75) is 12.6 Å². The third kappa shape index (κ3) is 1.77. The molecule has 0 radical (unpaired) electrons. The SMILES string of the molecule is C#Cc1nc(C(C)(N)N)cs1. The van der Waals surface area contributed by atoms with Crippen molar-refractivity contribution in [1.29, 1.82) is 0 Å². The van der Waals surface area contributed by atoms with Gasteiger partial charge in [0.15, 0.2) is 5.01 Å². The van der Waals surface area contributed by atoms with E-state index in [1.54, 1.807) is 12.3 Å². The normalized spacial score (nSPS) is 11.1. The zero-order valence-corrected chi connectivity index (χ0v) is 6.98. The smallest absolute Gasteiger partial charge is 0.166 e. The summed E-state index contributed by atoms with van der Waals surface area (Å²) in [4.78, 5) is 4.03. The van der Waals surface area contributed by atoms with Crippen LogP contribution in [0.2, 0.25) is 0 Å². The van der Waals surface area contributed by atoms with Crippen LogP contribution in [0.15, 0.2) is 5.38 Å². The molecule has 3 nitrogen and oxygen atoms in total. The molecule has 1 heterocycles. The minimum Gasteiger partial charge on any atom is -0.309 e. The van der Waals surface area contributed by atoms with Crippen molar-refractivity contribution in [3.63, 3.8) is 0 Å². The van der Waals surface area contributed by atoms with E-state index in [-0.39, 0.29) is 0 Å². The third-order valence-electron chi connectivity index (χ3n) is 1.18. The zero-order chi connectivity index (χ0) is 8.48. The van der Waals surface area contributed by atoms with E-state index in [0.717, 1.165) is 0 Å². The molecule has 0 atom stereocenters. The molecular weight excluding hydrogens is 158 g/mol. The molecule has 0 amide bonds. The van der Waals surface area contributed by atoms with Crippen LogP contribution in [0.1, 0.15) is 17.6 Å². The lowest BCUT2D eigenvalue weighted by atomic mass is 10.2. The van der Waals surface area contributed by atoms with E-state index in [0.29, 0.717) is 10.7 Å². The molecule has 11 heavy (non-hydrogen) atoms. The lowest BCUT2D eigenvalue weighted by Crippen LogP contribution is -2.42. The quantitative estimate of drug-likeness (QED) is 0.464. The van der Waals surface area contributed by atoms with Crippen molar-refractivity contribution >= 4 is 11.3 Å².